The van der Waals surface area contributed by atoms with Gasteiger partial charge in [-0.3, -0.25) is 14.7 Å². The summed E-state index contributed by atoms with van der Waals surface area (Å²) in [5.41, 5.74) is 3.95. The minimum absolute atomic E-state index is 0.0931. The molecule has 1 amide bonds. The number of rotatable bonds is 5. The maximum Gasteiger partial charge on any atom is 0.262 e. The molecular formula is C22H20ClN3O2. The van der Waals surface area contributed by atoms with Crippen LogP contribution in [0.4, 0.5) is 11.4 Å². The summed E-state index contributed by atoms with van der Waals surface area (Å²) in [5.74, 6) is 0.674. The largest absolute Gasteiger partial charge is 0.494 e. The Morgan fingerprint density at radius 1 is 1.18 bits per heavy atom. The van der Waals surface area contributed by atoms with Crippen LogP contribution in [-0.4, -0.2) is 17.5 Å². The van der Waals surface area contributed by atoms with Crippen molar-refractivity contribution in [1.29, 1.82) is 0 Å². The number of benzene rings is 2. The van der Waals surface area contributed by atoms with Crippen LogP contribution in [0, 0.1) is 6.92 Å². The van der Waals surface area contributed by atoms with Crippen LogP contribution in [0.15, 0.2) is 60.8 Å². The second-order valence-electron chi connectivity index (χ2n) is 6.54. The molecule has 0 saturated heterocycles. The summed E-state index contributed by atoms with van der Waals surface area (Å²) in [6.07, 6.45) is 1.27. The third-order valence-corrected chi connectivity index (χ3v) is 4.96. The molecule has 3 aromatic rings. The van der Waals surface area contributed by atoms with Crippen LogP contribution in [0.5, 0.6) is 5.75 Å². The first-order valence-electron chi connectivity index (χ1n) is 9.12. The van der Waals surface area contributed by atoms with Gasteiger partial charge in [0.25, 0.3) is 5.91 Å². The van der Waals surface area contributed by atoms with Gasteiger partial charge in [-0.1, -0.05) is 17.7 Å². The third kappa shape index (κ3) is 3.29. The lowest BCUT2D eigenvalue weighted by Gasteiger charge is -2.27. The Morgan fingerprint density at radius 3 is 2.71 bits per heavy atom. The minimum Gasteiger partial charge on any atom is -0.494 e. The lowest BCUT2D eigenvalue weighted by Crippen LogP contribution is -2.32. The molecule has 142 valence electrons. The third-order valence-electron chi connectivity index (χ3n) is 4.72. The molecule has 0 spiro atoms. The van der Waals surface area contributed by atoms with Crippen LogP contribution in [0.3, 0.4) is 0 Å². The summed E-state index contributed by atoms with van der Waals surface area (Å²) in [5, 5.41) is 4.08. The lowest BCUT2D eigenvalue weighted by atomic mass is 10.1. The van der Waals surface area contributed by atoms with Crippen LogP contribution in [-0.2, 0) is 0 Å². The Kier molecular flexibility index (Phi) is 4.92. The van der Waals surface area contributed by atoms with Crippen LogP contribution in [0.2, 0.25) is 5.02 Å². The summed E-state index contributed by atoms with van der Waals surface area (Å²) in [6, 6.07) is 16.7. The summed E-state index contributed by atoms with van der Waals surface area (Å²) < 4.78 is 5.52. The fourth-order valence-corrected chi connectivity index (χ4v) is 3.52. The number of amides is 1. The number of carbonyl (C=O) groups excluding carboxylic acids is 1. The lowest BCUT2D eigenvalue weighted by molar-refractivity contribution is 0.0993. The van der Waals surface area contributed by atoms with Crippen molar-refractivity contribution in [2.45, 2.75) is 20.0 Å². The zero-order chi connectivity index (χ0) is 19.7. The number of hydrogen-bond donors (Lipinski definition) is 1. The van der Waals surface area contributed by atoms with Crippen molar-refractivity contribution in [1.82, 2.24) is 4.98 Å². The summed E-state index contributed by atoms with van der Waals surface area (Å²) in [6.45, 7) is 4.53. The van der Waals surface area contributed by atoms with E-state index in [2.05, 4.69) is 10.3 Å². The molecular weight excluding hydrogens is 374 g/mol. The first-order chi connectivity index (χ1) is 13.6. The standard InChI is InChI=1S/C22H20ClN3O2/c1-3-28-17-10-8-16(9-11-17)26-21(20-18(22(26)27)5-4-12-24-20)25-19-13-15(23)7-6-14(19)2/h4-13,21,25H,3H2,1-2H3. The first-order valence-corrected chi connectivity index (χ1v) is 9.50. The number of hydrogen-bond acceptors (Lipinski definition) is 4. The fraction of sp³-hybridized carbons (Fsp3) is 0.182. The number of nitrogens with zero attached hydrogens (tertiary/aromatic N) is 2. The molecule has 0 aliphatic carbocycles. The summed E-state index contributed by atoms with van der Waals surface area (Å²) in [7, 11) is 0. The minimum atomic E-state index is -0.432. The van der Waals surface area contributed by atoms with Gasteiger partial charge in [-0.05, 0) is 67.9 Å². The predicted molar refractivity (Wildman–Crippen MR) is 111 cm³/mol. The number of carbonyl (C=O) groups is 1. The Balaban J connectivity index is 1.75. The van der Waals surface area contributed by atoms with E-state index in [-0.39, 0.29) is 5.91 Å². The van der Waals surface area contributed by atoms with Crippen molar-refractivity contribution < 1.29 is 9.53 Å². The van der Waals surface area contributed by atoms with Crippen molar-refractivity contribution in [2.24, 2.45) is 0 Å². The molecule has 28 heavy (non-hydrogen) atoms. The number of pyridine rings is 1. The molecule has 1 atom stereocenters. The highest BCUT2D eigenvalue weighted by Gasteiger charge is 2.39. The van der Waals surface area contributed by atoms with Gasteiger partial charge in [-0.15, -0.1) is 0 Å². The second kappa shape index (κ2) is 7.52. The molecule has 1 unspecified atom stereocenters. The van der Waals surface area contributed by atoms with Crippen LogP contribution in [0.1, 0.15) is 34.7 Å². The average molecular weight is 394 g/mol. The zero-order valence-electron chi connectivity index (χ0n) is 15.6. The number of halogens is 1. The molecule has 1 N–H and O–H groups in total. The molecule has 6 heteroatoms. The van der Waals surface area contributed by atoms with Gasteiger partial charge in [0.1, 0.15) is 5.75 Å². The van der Waals surface area contributed by atoms with Crippen molar-refractivity contribution >= 4 is 28.9 Å². The van der Waals surface area contributed by atoms with Gasteiger partial charge in [-0.25, -0.2) is 0 Å². The molecule has 0 radical (unpaired) electrons. The Hall–Kier alpha value is -3.05. The average Bonchev–Trinajstić information content (AvgIpc) is 2.98. The predicted octanol–water partition coefficient (Wildman–Crippen LogP) is 5.21. The maximum absolute atomic E-state index is 13.1. The maximum atomic E-state index is 13.1. The van der Waals surface area contributed by atoms with Crippen LogP contribution in [0.25, 0.3) is 0 Å². The van der Waals surface area contributed by atoms with Gasteiger partial charge in [0, 0.05) is 22.6 Å². The molecule has 5 nitrogen and oxygen atoms in total. The summed E-state index contributed by atoms with van der Waals surface area (Å²) in [4.78, 5) is 19.3. The molecule has 2 heterocycles. The molecule has 0 bridgehead atoms. The van der Waals surface area contributed by atoms with E-state index >= 15 is 0 Å². The van der Waals surface area contributed by atoms with Crippen molar-refractivity contribution in [3.63, 3.8) is 0 Å². The Bertz CT molecular complexity index is 1020. The highest BCUT2D eigenvalue weighted by molar-refractivity contribution is 6.30. The SMILES string of the molecule is CCOc1ccc(N2C(=O)c3cccnc3C2Nc2cc(Cl)ccc2C)cc1. The quantitative estimate of drug-likeness (QED) is 0.646. The smallest absolute Gasteiger partial charge is 0.262 e. The van der Waals surface area contributed by atoms with E-state index in [1.807, 2.05) is 56.3 Å². The molecule has 0 fully saturated rings. The number of aromatic nitrogens is 1. The van der Waals surface area contributed by atoms with Crippen LogP contribution < -0.4 is 15.0 Å². The molecule has 0 saturated carbocycles. The number of anilines is 2. The Labute approximate surface area is 168 Å². The number of nitrogens with one attached hydrogen (secondary N) is 1. The Morgan fingerprint density at radius 2 is 1.96 bits per heavy atom. The molecule has 2 aromatic carbocycles. The van der Waals surface area contributed by atoms with Gasteiger partial charge < -0.3 is 10.1 Å². The van der Waals surface area contributed by atoms with E-state index in [1.54, 1.807) is 23.2 Å². The van der Waals surface area contributed by atoms with E-state index in [4.69, 9.17) is 16.3 Å². The second-order valence-corrected chi connectivity index (χ2v) is 6.98. The van der Waals surface area contributed by atoms with Crippen LogP contribution >= 0.6 is 11.6 Å². The first kappa shape index (κ1) is 18.3. The highest BCUT2D eigenvalue weighted by Crippen LogP contribution is 2.38. The van der Waals surface area contributed by atoms with E-state index in [1.165, 1.54) is 0 Å². The number of ether oxygens (including phenoxy) is 1. The highest BCUT2D eigenvalue weighted by atomic mass is 35.5. The van der Waals surface area contributed by atoms with Crippen molar-refractivity contribution in [3.8, 4) is 5.75 Å². The number of fused-ring (bicyclic) bond motifs is 1. The molecule has 1 aliphatic heterocycles. The molecule has 1 aromatic heterocycles. The van der Waals surface area contributed by atoms with Gasteiger partial charge in [0.15, 0.2) is 6.17 Å². The zero-order valence-corrected chi connectivity index (χ0v) is 16.4. The fourth-order valence-electron chi connectivity index (χ4n) is 3.35. The van der Waals surface area contributed by atoms with E-state index in [0.29, 0.717) is 22.9 Å². The van der Waals surface area contributed by atoms with E-state index < -0.39 is 6.17 Å². The van der Waals surface area contributed by atoms with E-state index in [0.717, 1.165) is 22.7 Å². The van der Waals surface area contributed by atoms with Gasteiger partial charge >= 0.3 is 0 Å². The monoisotopic (exact) mass is 393 g/mol. The van der Waals surface area contributed by atoms with E-state index in [9.17, 15) is 4.79 Å². The molecule has 1 aliphatic rings. The molecule has 4 rings (SSSR count). The van der Waals surface area contributed by atoms with Gasteiger partial charge in [-0.2, -0.15) is 0 Å². The normalized spacial score (nSPS) is 15.5. The summed E-state index contributed by atoms with van der Waals surface area (Å²) >= 11 is 6.18. The van der Waals surface area contributed by atoms with Crippen molar-refractivity contribution in [2.75, 3.05) is 16.8 Å². The topological polar surface area (TPSA) is 54.5 Å². The van der Waals surface area contributed by atoms with Crippen molar-refractivity contribution in [3.05, 3.63) is 82.6 Å². The van der Waals surface area contributed by atoms with Gasteiger partial charge in [0.05, 0.1) is 17.9 Å². The van der Waals surface area contributed by atoms with Gasteiger partial charge in [0.2, 0.25) is 0 Å². The number of aryl methyl sites for hydroxylation is 1.